The van der Waals surface area contributed by atoms with Gasteiger partial charge in [-0.2, -0.15) is 0 Å². The molecule has 0 aromatic heterocycles. The predicted molar refractivity (Wildman–Crippen MR) is 70.6 cm³/mol. The number of benzene rings is 1. The summed E-state index contributed by atoms with van der Waals surface area (Å²) in [6.07, 6.45) is 1.03. The number of hydrogen-bond donors (Lipinski definition) is 0. The van der Waals surface area contributed by atoms with Crippen LogP contribution in [0.25, 0.3) is 0 Å². The molecule has 1 fully saturated rings. The molecule has 0 N–H and O–H groups in total. The molecule has 1 atom stereocenters. The minimum absolute atomic E-state index is 0.160. The van der Waals surface area contributed by atoms with Crippen molar-refractivity contribution in [2.75, 3.05) is 19.0 Å². The Hall–Kier alpha value is -1.02. The van der Waals surface area contributed by atoms with E-state index in [1.54, 1.807) is 0 Å². The van der Waals surface area contributed by atoms with Gasteiger partial charge in [-0.3, -0.25) is 4.79 Å². The van der Waals surface area contributed by atoms with E-state index < -0.39 is 0 Å². The maximum absolute atomic E-state index is 12.4. The van der Waals surface area contributed by atoms with Crippen LogP contribution < -0.4 is 0 Å². The Morgan fingerprint density at radius 3 is 2.59 bits per heavy atom. The number of nitrogens with zero attached hydrogens (tertiary/aromatic N) is 1. The van der Waals surface area contributed by atoms with Crippen LogP contribution in [-0.4, -0.2) is 29.8 Å². The Morgan fingerprint density at radius 2 is 2.06 bits per heavy atom. The summed E-state index contributed by atoms with van der Waals surface area (Å²) in [5.41, 5.74) is 2.98. The van der Waals surface area contributed by atoms with Crippen molar-refractivity contribution in [3.8, 4) is 0 Å². The molecule has 0 aliphatic carbocycles. The van der Waals surface area contributed by atoms with Gasteiger partial charge in [0.1, 0.15) is 0 Å². The first-order valence-electron chi connectivity index (χ1n) is 6.05. The van der Waals surface area contributed by atoms with Crippen molar-refractivity contribution in [3.05, 3.63) is 34.9 Å². The van der Waals surface area contributed by atoms with Crippen molar-refractivity contribution in [3.63, 3.8) is 0 Å². The maximum Gasteiger partial charge on any atom is 0.254 e. The summed E-state index contributed by atoms with van der Waals surface area (Å²) in [5.74, 6) is 1.27. The summed E-state index contributed by atoms with van der Waals surface area (Å²) in [6, 6.07) is 5.98. The topological polar surface area (TPSA) is 20.3 Å². The highest BCUT2D eigenvalue weighted by molar-refractivity contribution is 6.18. The average Bonchev–Trinajstić information content (AvgIpc) is 2.77. The summed E-state index contributed by atoms with van der Waals surface area (Å²) >= 11 is 5.85. The molecule has 0 saturated carbocycles. The van der Waals surface area contributed by atoms with Crippen molar-refractivity contribution in [2.24, 2.45) is 5.92 Å². The van der Waals surface area contributed by atoms with Crippen LogP contribution in [0.1, 0.15) is 27.9 Å². The smallest absolute Gasteiger partial charge is 0.254 e. The van der Waals surface area contributed by atoms with E-state index in [0.717, 1.165) is 36.2 Å². The summed E-state index contributed by atoms with van der Waals surface area (Å²) in [5, 5.41) is 0. The molecule has 2 rings (SSSR count). The summed E-state index contributed by atoms with van der Waals surface area (Å²) < 4.78 is 0. The number of halogens is 1. The zero-order valence-corrected chi connectivity index (χ0v) is 11.1. The number of rotatable bonds is 2. The normalized spacial score (nSPS) is 19.7. The van der Waals surface area contributed by atoms with Gasteiger partial charge in [0.25, 0.3) is 5.91 Å². The Labute approximate surface area is 108 Å². The highest BCUT2D eigenvalue weighted by atomic mass is 35.5. The largest absolute Gasteiger partial charge is 0.338 e. The molecule has 1 heterocycles. The van der Waals surface area contributed by atoms with E-state index in [9.17, 15) is 4.79 Å². The van der Waals surface area contributed by atoms with E-state index in [1.165, 1.54) is 0 Å². The Balaban J connectivity index is 2.21. The highest BCUT2D eigenvalue weighted by Gasteiger charge is 2.27. The van der Waals surface area contributed by atoms with Gasteiger partial charge in [-0.05, 0) is 37.3 Å². The number of likely N-dealkylation sites (tertiary alicyclic amines) is 1. The molecule has 1 aliphatic heterocycles. The third-order valence-corrected chi connectivity index (χ3v) is 3.92. The van der Waals surface area contributed by atoms with Crippen molar-refractivity contribution < 1.29 is 4.79 Å². The molecule has 2 nitrogen and oxygen atoms in total. The number of hydrogen-bond acceptors (Lipinski definition) is 1. The lowest BCUT2D eigenvalue weighted by Crippen LogP contribution is -2.30. The molecule has 0 bridgehead atoms. The summed E-state index contributed by atoms with van der Waals surface area (Å²) in [6.45, 7) is 5.63. The SMILES string of the molecule is Cc1cccc(C)c1C(=O)N1CCC(CCl)C1. The van der Waals surface area contributed by atoms with Crippen LogP contribution in [0.3, 0.4) is 0 Å². The third-order valence-electron chi connectivity index (χ3n) is 3.49. The van der Waals surface area contributed by atoms with Gasteiger partial charge in [0, 0.05) is 24.5 Å². The molecule has 17 heavy (non-hydrogen) atoms. The first-order chi connectivity index (χ1) is 8.13. The zero-order valence-electron chi connectivity index (χ0n) is 10.4. The first-order valence-corrected chi connectivity index (χ1v) is 6.58. The first kappa shape index (κ1) is 12.4. The summed E-state index contributed by atoms with van der Waals surface area (Å²) in [4.78, 5) is 14.4. The van der Waals surface area contributed by atoms with Crippen LogP contribution in [0.15, 0.2) is 18.2 Å². The Morgan fingerprint density at radius 1 is 1.41 bits per heavy atom. The number of amides is 1. The number of alkyl halides is 1. The molecule has 1 unspecified atom stereocenters. The van der Waals surface area contributed by atoms with Crippen LogP contribution in [0.5, 0.6) is 0 Å². The second-order valence-corrected chi connectivity index (χ2v) is 5.14. The average molecular weight is 252 g/mol. The fourth-order valence-corrected chi connectivity index (χ4v) is 2.70. The molecule has 0 radical (unpaired) electrons. The van der Waals surface area contributed by atoms with E-state index in [4.69, 9.17) is 11.6 Å². The Kier molecular flexibility index (Phi) is 3.72. The fraction of sp³-hybridized carbons (Fsp3) is 0.500. The number of aryl methyl sites for hydroxylation is 2. The Bertz CT molecular complexity index is 410. The van der Waals surface area contributed by atoms with Crippen LogP contribution >= 0.6 is 11.6 Å². The number of carbonyl (C=O) groups excluding carboxylic acids is 1. The van der Waals surface area contributed by atoms with Crippen molar-refractivity contribution in [2.45, 2.75) is 20.3 Å². The monoisotopic (exact) mass is 251 g/mol. The van der Waals surface area contributed by atoms with Crippen molar-refractivity contribution >= 4 is 17.5 Å². The molecular weight excluding hydrogens is 234 g/mol. The predicted octanol–water partition coefficient (Wildman–Crippen LogP) is 3.00. The zero-order chi connectivity index (χ0) is 12.4. The van der Waals surface area contributed by atoms with Gasteiger partial charge < -0.3 is 4.90 Å². The van der Waals surface area contributed by atoms with Gasteiger partial charge in [-0.25, -0.2) is 0 Å². The second kappa shape index (κ2) is 5.09. The molecule has 1 aromatic rings. The maximum atomic E-state index is 12.4. The molecule has 1 saturated heterocycles. The molecular formula is C14H18ClNO. The van der Waals surface area contributed by atoms with Gasteiger partial charge in [-0.15, -0.1) is 11.6 Å². The van der Waals surface area contributed by atoms with Crippen molar-refractivity contribution in [1.82, 2.24) is 4.90 Å². The summed E-state index contributed by atoms with van der Waals surface area (Å²) in [7, 11) is 0. The third kappa shape index (κ3) is 2.47. The highest BCUT2D eigenvalue weighted by Crippen LogP contribution is 2.22. The van der Waals surface area contributed by atoms with Crippen LogP contribution in [0, 0.1) is 19.8 Å². The van der Waals surface area contributed by atoms with Gasteiger partial charge in [0.2, 0.25) is 0 Å². The van der Waals surface area contributed by atoms with Crippen LogP contribution in [0.4, 0.5) is 0 Å². The lowest BCUT2D eigenvalue weighted by Gasteiger charge is -2.19. The standard InChI is InChI=1S/C14H18ClNO/c1-10-4-3-5-11(2)13(10)14(17)16-7-6-12(8-15)9-16/h3-5,12H,6-9H2,1-2H3. The van der Waals surface area contributed by atoms with Gasteiger partial charge >= 0.3 is 0 Å². The second-order valence-electron chi connectivity index (χ2n) is 4.83. The number of carbonyl (C=O) groups is 1. The minimum Gasteiger partial charge on any atom is -0.338 e. The molecule has 1 amide bonds. The van der Waals surface area contributed by atoms with E-state index >= 15 is 0 Å². The van der Waals surface area contributed by atoms with Gasteiger partial charge in [-0.1, -0.05) is 18.2 Å². The van der Waals surface area contributed by atoms with Crippen molar-refractivity contribution in [1.29, 1.82) is 0 Å². The van der Waals surface area contributed by atoms with E-state index in [0.29, 0.717) is 11.8 Å². The van der Waals surface area contributed by atoms with E-state index in [2.05, 4.69) is 0 Å². The molecule has 92 valence electrons. The van der Waals surface area contributed by atoms with Gasteiger partial charge in [0.15, 0.2) is 0 Å². The quantitative estimate of drug-likeness (QED) is 0.740. The lowest BCUT2D eigenvalue weighted by molar-refractivity contribution is 0.0787. The lowest BCUT2D eigenvalue weighted by atomic mass is 10.0. The van der Waals surface area contributed by atoms with E-state index in [1.807, 2.05) is 36.9 Å². The molecule has 3 heteroatoms. The minimum atomic E-state index is 0.160. The molecule has 1 aliphatic rings. The van der Waals surface area contributed by atoms with Gasteiger partial charge in [0.05, 0.1) is 0 Å². The van der Waals surface area contributed by atoms with Crippen LogP contribution in [0.2, 0.25) is 0 Å². The molecule has 1 aromatic carbocycles. The van der Waals surface area contributed by atoms with E-state index in [-0.39, 0.29) is 5.91 Å². The fourth-order valence-electron chi connectivity index (χ4n) is 2.45. The van der Waals surface area contributed by atoms with Crippen LogP contribution in [-0.2, 0) is 0 Å². The molecule has 0 spiro atoms.